The highest BCUT2D eigenvalue weighted by Crippen LogP contribution is 2.44. The van der Waals surface area contributed by atoms with Gasteiger partial charge in [0.05, 0.1) is 15.9 Å². The fourth-order valence-corrected chi connectivity index (χ4v) is 3.53. The minimum atomic E-state index is -4.59. The van der Waals surface area contributed by atoms with Crippen LogP contribution in [-0.2, 0) is 4.57 Å². The van der Waals surface area contributed by atoms with Crippen molar-refractivity contribution < 1.29 is 49.5 Å². The summed E-state index contributed by atoms with van der Waals surface area (Å²) in [5.41, 5.74) is 0.636. The number of hydrogen-bond donors (Lipinski definition) is 9. The molecule has 1 aromatic heterocycles. The standard InChI is InChI=1S/C8H6BrClNO4P.C6H12O6/c9-4-1-2-5-7(8(4)10)6(3-11-5)15-16(12,13)14;7-1-2(8)4(10)6(12)5(11)3(1)9/h1-3,11H,(H2,12,13,14);1-12H/t;1-,2-,3-,4+,5-,6-. The van der Waals surface area contributed by atoms with Gasteiger partial charge in [-0.05, 0) is 28.1 Å². The van der Waals surface area contributed by atoms with Gasteiger partial charge in [-0.2, -0.15) is 0 Å². The number of fused-ring (bicyclic) bond motifs is 1. The largest absolute Gasteiger partial charge is 0.524 e. The topological polar surface area (TPSA) is 204 Å². The fourth-order valence-electron chi connectivity index (χ4n) is 2.54. The molecular formula is C14H18BrClNO10P. The fraction of sp³-hybridized carbons (Fsp3) is 0.429. The van der Waals surface area contributed by atoms with Gasteiger partial charge in [0.2, 0.25) is 0 Å². The summed E-state index contributed by atoms with van der Waals surface area (Å²) < 4.78 is 15.9. The zero-order chi connectivity index (χ0) is 21.4. The number of hydrogen-bond acceptors (Lipinski definition) is 8. The lowest BCUT2D eigenvalue weighted by Crippen LogP contribution is -2.63. The van der Waals surface area contributed by atoms with Crippen molar-refractivity contribution in [3.63, 3.8) is 0 Å². The first-order valence-electron chi connectivity index (χ1n) is 7.63. The van der Waals surface area contributed by atoms with E-state index < -0.39 is 44.4 Å². The molecule has 1 aliphatic carbocycles. The molecule has 11 nitrogen and oxygen atoms in total. The van der Waals surface area contributed by atoms with Crippen molar-refractivity contribution in [1.29, 1.82) is 0 Å². The maximum absolute atomic E-state index is 10.7. The first-order chi connectivity index (χ1) is 12.8. The molecule has 1 heterocycles. The highest BCUT2D eigenvalue weighted by molar-refractivity contribution is 9.10. The van der Waals surface area contributed by atoms with Crippen LogP contribution in [0.5, 0.6) is 5.75 Å². The number of phosphoric ester groups is 1. The zero-order valence-electron chi connectivity index (χ0n) is 13.8. The van der Waals surface area contributed by atoms with Gasteiger partial charge >= 0.3 is 7.82 Å². The molecule has 1 fully saturated rings. The average molecular weight is 507 g/mol. The second-order valence-electron chi connectivity index (χ2n) is 5.96. The average Bonchev–Trinajstić information content (AvgIpc) is 3.02. The van der Waals surface area contributed by atoms with Gasteiger partial charge in [-0.3, -0.25) is 9.79 Å². The van der Waals surface area contributed by atoms with Crippen molar-refractivity contribution in [1.82, 2.24) is 4.98 Å². The number of aliphatic hydroxyl groups is 6. The molecule has 158 valence electrons. The summed E-state index contributed by atoms with van der Waals surface area (Å²) in [5.74, 6) is 0.0228. The number of benzene rings is 1. The van der Waals surface area contributed by atoms with E-state index in [4.69, 9.17) is 52.0 Å². The van der Waals surface area contributed by atoms with Crippen LogP contribution in [0.2, 0.25) is 5.02 Å². The zero-order valence-corrected chi connectivity index (χ0v) is 17.0. The van der Waals surface area contributed by atoms with E-state index in [0.717, 1.165) is 0 Å². The lowest BCUT2D eigenvalue weighted by atomic mass is 9.85. The van der Waals surface area contributed by atoms with E-state index in [1.165, 1.54) is 6.20 Å². The van der Waals surface area contributed by atoms with Crippen LogP contribution in [0.3, 0.4) is 0 Å². The Hall–Kier alpha value is -0.760. The molecule has 0 aliphatic heterocycles. The molecule has 0 saturated heterocycles. The second kappa shape index (κ2) is 8.94. The van der Waals surface area contributed by atoms with E-state index in [0.29, 0.717) is 20.4 Å². The van der Waals surface area contributed by atoms with Crippen LogP contribution in [0, 0.1) is 0 Å². The number of aromatic nitrogens is 1. The lowest BCUT2D eigenvalue weighted by Gasteiger charge is -2.39. The molecule has 3 rings (SSSR count). The second-order valence-corrected chi connectivity index (χ2v) is 8.36. The van der Waals surface area contributed by atoms with Crippen molar-refractivity contribution >= 4 is 46.3 Å². The molecule has 2 aromatic rings. The summed E-state index contributed by atoms with van der Waals surface area (Å²) in [5, 5.41) is 54.6. The number of aliphatic hydroxyl groups excluding tert-OH is 6. The number of aromatic amines is 1. The molecule has 1 saturated carbocycles. The third-order valence-electron chi connectivity index (χ3n) is 4.02. The van der Waals surface area contributed by atoms with E-state index in [9.17, 15) is 4.57 Å². The maximum atomic E-state index is 10.7. The van der Waals surface area contributed by atoms with Gasteiger partial charge in [0.25, 0.3) is 0 Å². The Morgan fingerprint density at radius 2 is 1.36 bits per heavy atom. The van der Waals surface area contributed by atoms with Crippen LogP contribution in [0.15, 0.2) is 22.8 Å². The summed E-state index contributed by atoms with van der Waals surface area (Å²) in [4.78, 5) is 20.3. The summed E-state index contributed by atoms with van der Waals surface area (Å²) >= 11 is 9.22. The van der Waals surface area contributed by atoms with Crippen molar-refractivity contribution in [2.24, 2.45) is 0 Å². The Morgan fingerprint density at radius 3 is 1.75 bits per heavy atom. The highest BCUT2D eigenvalue weighted by Gasteiger charge is 2.47. The molecule has 1 aromatic carbocycles. The predicted molar refractivity (Wildman–Crippen MR) is 99.7 cm³/mol. The van der Waals surface area contributed by atoms with Gasteiger partial charge in [0, 0.05) is 10.7 Å². The highest BCUT2D eigenvalue weighted by atomic mass is 79.9. The van der Waals surface area contributed by atoms with Gasteiger partial charge in [-0.1, -0.05) is 11.6 Å². The van der Waals surface area contributed by atoms with E-state index in [2.05, 4.69) is 25.4 Å². The number of halogens is 2. The number of H-pyrrole nitrogens is 1. The van der Waals surface area contributed by atoms with Gasteiger partial charge in [-0.15, -0.1) is 0 Å². The molecule has 0 amide bonds. The third-order valence-corrected chi connectivity index (χ3v) is 5.73. The monoisotopic (exact) mass is 505 g/mol. The molecular weight excluding hydrogens is 488 g/mol. The molecule has 9 N–H and O–H groups in total. The van der Waals surface area contributed by atoms with Crippen LogP contribution in [0.1, 0.15) is 0 Å². The minimum absolute atomic E-state index is 0.0228. The molecule has 14 heteroatoms. The Morgan fingerprint density at radius 1 is 0.929 bits per heavy atom. The summed E-state index contributed by atoms with van der Waals surface area (Å²) in [6.07, 6.45) is -8.49. The molecule has 0 atom stereocenters. The summed E-state index contributed by atoms with van der Waals surface area (Å²) in [7, 11) is -4.59. The molecule has 28 heavy (non-hydrogen) atoms. The van der Waals surface area contributed by atoms with Crippen molar-refractivity contribution in [2.45, 2.75) is 36.6 Å². The predicted octanol–water partition coefficient (Wildman–Crippen LogP) is -0.779. The first-order valence-corrected chi connectivity index (χ1v) is 10.3. The Kier molecular flexibility index (Phi) is 7.51. The molecule has 1 aliphatic rings. The SMILES string of the molecule is O=P(O)(O)Oc1c[nH]c2ccc(Br)c(Cl)c12.O[C@H]1[C@H](O)[C@@H](O)[C@H](O)[C@@H](O)[C@H]1O. The van der Waals surface area contributed by atoms with Crippen molar-refractivity contribution in [3.8, 4) is 5.75 Å². The molecule has 0 unspecified atom stereocenters. The van der Waals surface area contributed by atoms with E-state index in [1.807, 2.05) is 0 Å². The van der Waals surface area contributed by atoms with Gasteiger partial charge in [0.1, 0.15) is 36.6 Å². The summed E-state index contributed by atoms with van der Waals surface area (Å²) in [6.45, 7) is 0. The van der Waals surface area contributed by atoms with Crippen molar-refractivity contribution in [2.75, 3.05) is 0 Å². The molecule has 0 radical (unpaired) electrons. The lowest BCUT2D eigenvalue weighted by molar-refractivity contribution is -0.223. The van der Waals surface area contributed by atoms with E-state index in [1.54, 1.807) is 12.1 Å². The van der Waals surface area contributed by atoms with E-state index >= 15 is 0 Å². The van der Waals surface area contributed by atoms with Gasteiger partial charge in [-0.25, -0.2) is 4.57 Å². The Bertz CT molecular complexity index is 817. The van der Waals surface area contributed by atoms with Crippen LogP contribution in [0.4, 0.5) is 0 Å². The van der Waals surface area contributed by atoms with Crippen LogP contribution < -0.4 is 4.52 Å². The van der Waals surface area contributed by atoms with Crippen LogP contribution >= 0.6 is 35.4 Å². The first kappa shape index (κ1) is 23.5. The molecule has 0 spiro atoms. The number of nitrogens with one attached hydrogen (secondary N) is 1. The van der Waals surface area contributed by atoms with Gasteiger partial charge in [0.15, 0.2) is 5.75 Å². The number of phosphoric acid groups is 1. The normalized spacial score (nSPS) is 30.6. The Balaban J connectivity index is 0.000000209. The third kappa shape index (κ3) is 5.04. The van der Waals surface area contributed by atoms with Crippen LogP contribution in [0.25, 0.3) is 10.9 Å². The Labute approximate surface area is 171 Å². The molecule has 0 bridgehead atoms. The van der Waals surface area contributed by atoms with Gasteiger partial charge < -0.3 is 40.1 Å². The smallest absolute Gasteiger partial charge is 0.402 e. The van der Waals surface area contributed by atoms with E-state index in [-0.39, 0.29) is 5.75 Å². The summed E-state index contributed by atoms with van der Waals surface area (Å²) in [6, 6.07) is 3.44. The minimum Gasteiger partial charge on any atom is -0.402 e. The van der Waals surface area contributed by atoms with Crippen LogP contribution in [-0.4, -0.2) is 82.0 Å². The number of rotatable bonds is 2. The van der Waals surface area contributed by atoms with Crippen molar-refractivity contribution in [3.05, 3.63) is 27.8 Å². The maximum Gasteiger partial charge on any atom is 0.524 e. The quantitative estimate of drug-likeness (QED) is 0.232.